The molecule has 1 aromatic heterocycles. The Morgan fingerprint density at radius 2 is 1.80 bits per heavy atom. The number of benzene rings is 2. The number of aromatic nitrogens is 1. The maximum atomic E-state index is 13.7. The van der Waals surface area contributed by atoms with Crippen molar-refractivity contribution in [3.05, 3.63) is 69.5 Å². The topological polar surface area (TPSA) is 90.3 Å². The predicted octanol–water partition coefficient (Wildman–Crippen LogP) is 3.66. The largest absolute Gasteiger partial charge is 0.455 e. The molecule has 0 atom stereocenters. The van der Waals surface area contributed by atoms with Crippen molar-refractivity contribution in [1.29, 1.82) is 0 Å². The minimum atomic E-state index is -0.570. The molecule has 0 saturated carbocycles. The summed E-state index contributed by atoms with van der Waals surface area (Å²) in [4.78, 5) is 42.5. The van der Waals surface area contributed by atoms with Crippen LogP contribution < -0.4 is 15.2 Å². The van der Waals surface area contributed by atoms with E-state index in [-0.39, 0.29) is 11.3 Å². The molecule has 0 bridgehead atoms. The average molecular weight is 500 g/mol. The zero-order chi connectivity index (χ0) is 24.9. The second kappa shape index (κ2) is 10.8. The van der Waals surface area contributed by atoms with Crippen molar-refractivity contribution in [3.8, 4) is 5.75 Å². The Labute approximate surface area is 207 Å². The lowest BCUT2D eigenvalue weighted by molar-refractivity contribution is 0.00170. The number of hydrogen-bond acceptors (Lipinski definition) is 6. The number of aryl methyl sites for hydroxylation is 1. The van der Waals surface area contributed by atoms with Crippen LogP contribution in [0.3, 0.4) is 0 Å². The normalized spacial score (nSPS) is 13.5. The van der Waals surface area contributed by atoms with E-state index < -0.39 is 24.4 Å². The number of halogens is 1. The van der Waals surface area contributed by atoms with Crippen molar-refractivity contribution in [3.63, 3.8) is 0 Å². The highest BCUT2D eigenvalue weighted by molar-refractivity contribution is 6.36. The maximum absolute atomic E-state index is 13.7. The van der Waals surface area contributed by atoms with Gasteiger partial charge in [-0.15, -0.1) is 0 Å². The fourth-order valence-corrected chi connectivity index (χ4v) is 4.27. The van der Waals surface area contributed by atoms with Gasteiger partial charge in [0.2, 0.25) is 6.79 Å². The van der Waals surface area contributed by atoms with Gasteiger partial charge in [0.25, 0.3) is 11.5 Å². The monoisotopic (exact) mass is 499 g/mol. The lowest BCUT2D eigenvalue weighted by Crippen LogP contribution is -2.41. The molecule has 3 aromatic rings. The van der Waals surface area contributed by atoms with Crippen LogP contribution in [0.25, 0.3) is 10.9 Å². The molecule has 9 nitrogen and oxygen atoms in total. The Morgan fingerprint density at radius 3 is 2.49 bits per heavy atom. The number of fused-ring (bicyclic) bond motifs is 1. The summed E-state index contributed by atoms with van der Waals surface area (Å²) >= 11 is 6.51. The molecule has 0 N–H and O–H groups in total. The van der Waals surface area contributed by atoms with Gasteiger partial charge in [-0.25, -0.2) is 4.79 Å². The van der Waals surface area contributed by atoms with Crippen molar-refractivity contribution >= 4 is 40.2 Å². The van der Waals surface area contributed by atoms with Gasteiger partial charge in [-0.3, -0.25) is 9.59 Å². The molecule has 0 aliphatic carbocycles. The van der Waals surface area contributed by atoms with E-state index in [2.05, 4.69) is 0 Å². The lowest BCUT2D eigenvalue weighted by atomic mass is 10.1. The average Bonchev–Trinajstić information content (AvgIpc) is 2.88. The van der Waals surface area contributed by atoms with Gasteiger partial charge in [-0.1, -0.05) is 35.9 Å². The van der Waals surface area contributed by atoms with Crippen LogP contribution in [-0.2, 0) is 16.5 Å². The zero-order valence-electron chi connectivity index (χ0n) is 19.5. The summed E-state index contributed by atoms with van der Waals surface area (Å²) in [7, 11) is 1.57. The van der Waals surface area contributed by atoms with Gasteiger partial charge >= 0.3 is 6.09 Å². The molecule has 2 heterocycles. The zero-order valence-corrected chi connectivity index (χ0v) is 20.3. The SMILES string of the molecule is CCN(C(=O)c1c(OCOC(=O)N2CCOCC2)c2c(Cl)cccc2n(C)c1=O)c1ccccc1. The van der Waals surface area contributed by atoms with Crippen LogP contribution in [0.5, 0.6) is 5.75 Å². The van der Waals surface area contributed by atoms with E-state index >= 15 is 0 Å². The van der Waals surface area contributed by atoms with Crippen molar-refractivity contribution in [2.45, 2.75) is 6.92 Å². The van der Waals surface area contributed by atoms with Crippen LogP contribution in [0, 0.1) is 0 Å². The van der Waals surface area contributed by atoms with Gasteiger partial charge in [-0.2, -0.15) is 0 Å². The molecule has 1 saturated heterocycles. The van der Waals surface area contributed by atoms with Crippen LogP contribution in [0.1, 0.15) is 17.3 Å². The van der Waals surface area contributed by atoms with E-state index in [1.165, 1.54) is 14.4 Å². The van der Waals surface area contributed by atoms with E-state index in [1.54, 1.807) is 37.4 Å². The minimum absolute atomic E-state index is 0.0251. The number of ether oxygens (including phenoxy) is 3. The molecule has 184 valence electrons. The second-order valence-corrected chi connectivity index (χ2v) is 8.27. The van der Waals surface area contributed by atoms with Crippen molar-refractivity contribution in [2.75, 3.05) is 44.5 Å². The van der Waals surface area contributed by atoms with Crippen molar-refractivity contribution in [2.24, 2.45) is 7.05 Å². The van der Waals surface area contributed by atoms with Crippen LogP contribution in [0.15, 0.2) is 53.3 Å². The Bertz CT molecular complexity index is 1290. The second-order valence-electron chi connectivity index (χ2n) is 7.86. The summed E-state index contributed by atoms with van der Waals surface area (Å²) in [6.45, 7) is 3.30. The first-order chi connectivity index (χ1) is 16.9. The Balaban J connectivity index is 1.74. The molecular weight excluding hydrogens is 474 g/mol. The van der Waals surface area contributed by atoms with Gasteiger partial charge in [0, 0.05) is 32.4 Å². The van der Waals surface area contributed by atoms with Gasteiger partial charge in [-0.05, 0) is 31.2 Å². The van der Waals surface area contributed by atoms with Gasteiger partial charge in [0.05, 0.1) is 29.1 Å². The number of carbonyl (C=O) groups is 2. The molecule has 2 amide bonds. The van der Waals surface area contributed by atoms with E-state index in [1.807, 2.05) is 25.1 Å². The number of rotatable bonds is 6. The highest BCUT2D eigenvalue weighted by Crippen LogP contribution is 2.34. The number of nitrogens with zero attached hydrogens (tertiary/aromatic N) is 3. The molecule has 1 aliphatic heterocycles. The summed E-state index contributed by atoms with van der Waals surface area (Å²) in [5.41, 5.74) is 0.372. The molecule has 1 fully saturated rings. The summed E-state index contributed by atoms with van der Waals surface area (Å²) in [5.74, 6) is -0.571. The van der Waals surface area contributed by atoms with Gasteiger partial charge in [0.1, 0.15) is 5.56 Å². The van der Waals surface area contributed by atoms with Gasteiger partial charge < -0.3 is 28.6 Å². The highest BCUT2D eigenvalue weighted by Gasteiger charge is 2.28. The quantitative estimate of drug-likeness (QED) is 0.481. The predicted molar refractivity (Wildman–Crippen MR) is 132 cm³/mol. The molecule has 0 unspecified atom stereocenters. The molecule has 0 spiro atoms. The van der Waals surface area contributed by atoms with E-state index in [9.17, 15) is 14.4 Å². The third kappa shape index (κ3) is 4.96. The van der Waals surface area contributed by atoms with E-state index in [0.29, 0.717) is 54.5 Å². The van der Waals surface area contributed by atoms with E-state index in [4.69, 9.17) is 25.8 Å². The van der Waals surface area contributed by atoms with Crippen LogP contribution >= 0.6 is 11.6 Å². The third-order valence-corrected chi connectivity index (χ3v) is 6.14. The maximum Gasteiger partial charge on any atom is 0.412 e. The first-order valence-corrected chi connectivity index (χ1v) is 11.6. The number of carbonyl (C=O) groups excluding carboxylic acids is 2. The number of anilines is 1. The fraction of sp³-hybridized carbons (Fsp3) is 0.320. The number of hydrogen-bond donors (Lipinski definition) is 0. The molecule has 2 aromatic carbocycles. The molecule has 0 radical (unpaired) electrons. The molecular formula is C25H26ClN3O6. The molecule has 1 aliphatic rings. The highest BCUT2D eigenvalue weighted by atomic mass is 35.5. The van der Waals surface area contributed by atoms with Gasteiger partial charge in [0.15, 0.2) is 5.75 Å². The number of morpholine rings is 1. The minimum Gasteiger partial charge on any atom is -0.455 e. The fourth-order valence-electron chi connectivity index (χ4n) is 4.01. The number of pyridine rings is 1. The van der Waals surface area contributed by atoms with Crippen LogP contribution in [0.4, 0.5) is 10.5 Å². The molecule has 35 heavy (non-hydrogen) atoms. The number of para-hydroxylation sites is 1. The van der Waals surface area contributed by atoms with Crippen LogP contribution in [-0.4, -0.2) is 61.1 Å². The summed E-state index contributed by atoms with van der Waals surface area (Å²) in [6, 6.07) is 14.1. The number of amides is 2. The first-order valence-electron chi connectivity index (χ1n) is 11.2. The summed E-state index contributed by atoms with van der Waals surface area (Å²) in [5, 5.41) is 0.676. The standard InChI is InChI=1S/C25H26ClN3O6/c1-3-29(17-8-5-4-6-9-17)24(31)21-22(34-16-35-25(32)28-12-14-33-15-13-28)20-18(26)10-7-11-19(20)27(2)23(21)30/h4-11H,3,12-16H2,1-2H3. The van der Waals surface area contributed by atoms with Crippen LogP contribution in [0.2, 0.25) is 5.02 Å². The Kier molecular flexibility index (Phi) is 7.57. The van der Waals surface area contributed by atoms with Crippen molar-refractivity contribution < 1.29 is 23.8 Å². The van der Waals surface area contributed by atoms with Crippen molar-refractivity contribution in [1.82, 2.24) is 9.47 Å². The Hall–Kier alpha value is -3.56. The summed E-state index contributed by atoms with van der Waals surface area (Å²) in [6.07, 6.45) is -0.570. The van der Waals surface area contributed by atoms with E-state index in [0.717, 1.165) is 0 Å². The third-order valence-electron chi connectivity index (χ3n) is 5.82. The first kappa shape index (κ1) is 24.6. The smallest absolute Gasteiger partial charge is 0.412 e. The molecule has 10 heteroatoms. The lowest BCUT2D eigenvalue weighted by Gasteiger charge is -2.26. The molecule has 4 rings (SSSR count). The Morgan fingerprint density at radius 1 is 1.09 bits per heavy atom. The summed E-state index contributed by atoms with van der Waals surface area (Å²) < 4.78 is 17.7.